The number of rotatable bonds is 7. The molecule has 9 nitrogen and oxygen atoms in total. The van der Waals surface area contributed by atoms with Gasteiger partial charge in [-0.15, -0.1) is 0 Å². The molecule has 2 N–H and O–H groups in total. The second-order valence-corrected chi connectivity index (χ2v) is 8.61. The Bertz CT molecular complexity index is 1250. The lowest BCUT2D eigenvalue weighted by atomic mass is 10.1. The number of nitrogens with zero attached hydrogens (tertiary/aromatic N) is 3. The normalized spacial score (nSPS) is 13.2. The van der Waals surface area contributed by atoms with Crippen LogP contribution in [0.1, 0.15) is 45.5 Å². The first kappa shape index (κ1) is 24.2. The average molecular weight is 494 g/mol. The number of carbonyl (C=O) groups is 2. The van der Waals surface area contributed by atoms with Crippen LogP contribution in [0, 0.1) is 10.1 Å². The monoisotopic (exact) mass is 493 g/mol. The van der Waals surface area contributed by atoms with Crippen LogP contribution in [0.5, 0.6) is 0 Å². The molecule has 0 saturated carbocycles. The Hall–Kier alpha value is -3.98. The number of benzene rings is 2. The van der Waals surface area contributed by atoms with Crippen molar-refractivity contribution in [3.05, 3.63) is 92.8 Å². The maximum absolute atomic E-state index is 13.2. The van der Waals surface area contributed by atoms with E-state index < -0.39 is 10.8 Å². The van der Waals surface area contributed by atoms with Crippen molar-refractivity contribution in [3.63, 3.8) is 0 Å². The van der Waals surface area contributed by atoms with Gasteiger partial charge < -0.3 is 15.5 Å². The summed E-state index contributed by atoms with van der Waals surface area (Å²) in [7, 11) is 0. The zero-order chi connectivity index (χ0) is 24.8. The fourth-order valence-electron chi connectivity index (χ4n) is 3.99. The molecule has 2 amide bonds. The number of carbonyl (C=O) groups excluding carboxylic acids is 2. The van der Waals surface area contributed by atoms with E-state index in [1.807, 2.05) is 12.1 Å². The van der Waals surface area contributed by atoms with Crippen LogP contribution in [0.15, 0.2) is 60.9 Å². The number of aromatic nitrogens is 1. The molecule has 1 aliphatic rings. The quantitative estimate of drug-likeness (QED) is 0.360. The highest BCUT2D eigenvalue weighted by Gasteiger charge is 2.21. The lowest BCUT2D eigenvalue weighted by Crippen LogP contribution is -2.32. The van der Waals surface area contributed by atoms with Gasteiger partial charge in [0.1, 0.15) is 0 Å². The van der Waals surface area contributed by atoms with Gasteiger partial charge in [0.2, 0.25) is 0 Å². The van der Waals surface area contributed by atoms with E-state index in [-0.39, 0.29) is 22.2 Å². The summed E-state index contributed by atoms with van der Waals surface area (Å²) in [6.07, 6.45) is 6.62. The highest BCUT2D eigenvalue weighted by atomic mass is 35.5. The summed E-state index contributed by atoms with van der Waals surface area (Å²) in [5.41, 5.74) is 2.43. The number of hydrogen-bond acceptors (Lipinski definition) is 6. The fourth-order valence-corrected chi connectivity index (χ4v) is 4.25. The SMILES string of the molecule is O=C(Nc1ccc(N2CCCCC2)c(C(=O)NCc2cccnc2)c1)c1ccc([N+](=O)[O-])cc1Cl. The maximum Gasteiger partial charge on any atom is 0.270 e. The van der Waals surface area contributed by atoms with Crippen LogP contribution in [-0.4, -0.2) is 34.8 Å². The number of halogens is 1. The van der Waals surface area contributed by atoms with E-state index in [4.69, 9.17) is 11.6 Å². The number of nitro groups is 1. The third-order valence-corrected chi connectivity index (χ3v) is 6.09. The van der Waals surface area contributed by atoms with Gasteiger partial charge in [-0.25, -0.2) is 0 Å². The molecule has 3 aromatic rings. The van der Waals surface area contributed by atoms with E-state index in [0.29, 0.717) is 17.8 Å². The largest absolute Gasteiger partial charge is 0.371 e. The molecule has 0 aliphatic carbocycles. The van der Waals surface area contributed by atoms with Crippen molar-refractivity contribution < 1.29 is 14.5 Å². The Kier molecular flexibility index (Phi) is 7.57. The maximum atomic E-state index is 13.2. The second-order valence-electron chi connectivity index (χ2n) is 8.20. The van der Waals surface area contributed by atoms with E-state index >= 15 is 0 Å². The predicted molar refractivity (Wildman–Crippen MR) is 134 cm³/mol. The lowest BCUT2D eigenvalue weighted by Gasteiger charge is -2.30. The Morgan fingerprint density at radius 2 is 1.83 bits per heavy atom. The third-order valence-electron chi connectivity index (χ3n) is 5.78. The molecular weight excluding hydrogens is 470 g/mol. The number of anilines is 2. The van der Waals surface area contributed by atoms with Crippen molar-refractivity contribution in [1.29, 1.82) is 0 Å². The van der Waals surface area contributed by atoms with E-state index in [2.05, 4.69) is 20.5 Å². The molecule has 2 heterocycles. The molecule has 0 atom stereocenters. The van der Waals surface area contributed by atoms with Crippen molar-refractivity contribution in [2.75, 3.05) is 23.3 Å². The van der Waals surface area contributed by atoms with Crippen LogP contribution in [0.2, 0.25) is 5.02 Å². The van der Waals surface area contributed by atoms with Gasteiger partial charge >= 0.3 is 0 Å². The topological polar surface area (TPSA) is 117 Å². The van der Waals surface area contributed by atoms with Crippen LogP contribution >= 0.6 is 11.6 Å². The van der Waals surface area contributed by atoms with Gasteiger partial charge in [0.25, 0.3) is 17.5 Å². The second kappa shape index (κ2) is 11.0. The lowest BCUT2D eigenvalue weighted by molar-refractivity contribution is -0.384. The molecular formula is C25H24ClN5O4. The molecule has 0 unspecified atom stereocenters. The molecule has 2 aromatic carbocycles. The van der Waals surface area contributed by atoms with Crippen LogP contribution < -0.4 is 15.5 Å². The molecule has 35 heavy (non-hydrogen) atoms. The first-order valence-electron chi connectivity index (χ1n) is 11.2. The van der Waals surface area contributed by atoms with Gasteiger partial charge in [-0.1, -0.05) is 17.7 Å². The Morgan fingerprint density at radius 3 is 2.51 bits per heavy atom. The van der Waals surface area contributed by atoms with Gasteiger partial charge in [-0.3, -0.25) is 24.7 Å². The van der Waals surface area contributed by atoms with Crippen LogP contribution in [0.25, 0.3) is 0 Å². The van der Waals surface area contributed by atoms with Crippen molar-refractivity contribution in [1.82, 2.24) is 10.3 Å². The summed E-state index contributed by atoms with van der Waals surface area (Å²) < 4.78 is 0. The first-order valence-corrected chi connectivity index (χ1v) is 11.6. The standard InChI is InChI=1S/C25H24ClN5O4/c26-22-14-19(31(34)35)7-8-20(22)25(33)29-18-6-9-23(30-11-2-1-3-12-30)21(13-18)24(32)28-16-17-5-4-10-27-15-17/h4-10,13-15H,1-3,11-12,16H2,(H,28,32)(H,29,33). The zero-order valence-corrected chi connectivity index (χ0v) is 19.6. The average Bonchev–Trinajstić information content (AvgIpc) is 2.88. The minimum Gasteiger partial charge on any atom is -0.371 e. The molecule has 10 heteroatoms. The van der Waals surface area contributed by atoms with Crippen molar-refractivity contribution in [2.45, 2.75) is 25.8 Å². The molecule has 0 radical (unpaired) electrons. The number of non-ortho nitro benzene ring substituents is 1. The highest BCUT2D eigenvalue weighted by Crippen LogP contribution is 2.29. The van der Waals surface area contributed by atoms with Crippen LogP contribution in [0.3, 0.4) is 0 Å². The van der Waals surface area contributed by atoms with Gasteiger partial charge in [0, 0.05) is 55.5 Å². The van der Waals surface area contributed by atoms with E-state index in [1.54, 1.807) is 30.6 Å². The minimum atomic E-state index is -0.580. The Labute approximate surface area is 207 Å². The van der Waals surface area contributed by atoms with E-state index in [9.17, 15) is 19.7 Å². The highest BCUT2D eigenvalue weighted by molar-refractivity contribution is 6.34. The van der Waals surface area contributed by atoms with Gasteiger partial charge in [-0.05, 0) is 55.2 Å². The van der Waals surface area contributed by atoms with Crippen LogP contribution in [-0.2, 0) is 6.54 Å². The number of nitrogens with one attached hydrogen (secondary N) is 2. The van der Waals surface area contributed by atoms with Gasteiger partial charge in [-0.2, -0.15) is 0 Å². The summed E-state index contributed by atoms with van der Waals surface area (Å²) in [6.45, 7) is 2.03. The van der Waals surface area contributed by atoms with Gasteiger partial charge in [0.05, 0.1) is 21.1 Å². The third kappa shape index (κ3) is 5.93. The van der Waals surface area contributed by atoms with E-state index in [0.717, 1.165) is 49.7 Å². The smallest absolute Gasteiger partial charge is 0.270 e. The summed E-state index contributed by atoms with van der Waals surface area (Å²) in [4.78, 5) is 42.6. The predicted octanol–water partition coefficient (Wildman–Crippen LogP) is 4.82. The molecule has 1 aromatic heterocycles. The van der Waals surface area contributed by atoms with Crippen LogP contribution in [0.4, 0.5) is 17.1 Å². The fraction of sp³-hybridized carbons (Fsp3) is 0.240. The number of amides is 2. The molecule has 1 aliphatic heterocycles. The summed E-state index contributed by atoms with van der Waals surface area (Å²) in [5.74, 6) is -0.795. The van der Waals surface area contributed by atoms with Gasteiger partial charge in [0.15, 0.2) is 0 Å². The molecule has 0 spiro atoms. The molecule has 180 valence electrons. The molecule has 4 rings (SSSR count). The zero-order valence-electron chi connectivity index (χ0n) is 18.9. The van der Waals surface area contributed by atoms with Crippen molar-refractivity contribution >= 4 is 40.5 Å². The summed E-state index contributed by atoms with van der Waals surface area (Å²) >= 11 is 6.10. The summed E-state index contributed by atoms with van der Waals surface area (Å²) in [5, 5.41) is 16.6. The van der Waals surface area contributed by atoms with Crippen molar-refractivity contribution in [3.8, 4) is 0 Å². The first-order chi connectivity index (χ1) is 16.9. The van der Waals surface area contributed by atoms with Crippen molar-refractivity contribution in [2.24, 2.45) is 0 Å². The Morgan fingerprint density at radius 1 is 1.03 bits per heavy atom. The number of piperidine rings is 1. The molecule has 1 saturated heterocycles. The summed E-state index contributed by atoms with van der Waals surface area (Å²) in [6, 6.07) is 12.5. The number of pyridine rings is 1. The Balaban J connectivity index is 1.57. The minimum absolute atomic E-state index is 0.0314. The molecule has 1 fully saturated rings. The van der Waals surface area contributed by atoms with E-state index in [1.165, 1.54) is 12.1 Å². The molecule has 0 bridgehead atoms. The number of nitro benzene ring substituents is 1. The number of hydrogen-bond donors (Lipinski definition) is 2.